The average molecular weight is 218 g/mol. The lowest BCUT2D eigenvalue weighted by molar-refractivity contribution is -0.125. The fourth-order valence-corrected chi connectivity index (χ4v) is 2.23. The van der Waals surface area contributed by atoms with Gasteiger partial charge in [-0.2, -0.15) is 0 Å². The number of ketones is 1. The molecule has 0 saturated heterocycles. The van der Waals surface area contributed by atoms with Crippen molar-refractivity contribution in [1.82, 2.24) is 10.3 Å². The van der Waals surface area contributed by atoms with E-state index in [1.54, 1.807) is 6.20 Å². The highest BCUT2D eigenvalue weighted by Gasteiger charge is 2.37. The molecule has 1 atom stereocenters. The summed E-state index contributed by atoms with van der Waals surface area (Å²) >= 11 is 0. The van der Waals surface area contributed by atoms with Crippen molar-refractivity contribution in [1.29, 1.82) is 0 Å². The summed E-state index contributed by atoms with van der Waals surface area (Å²) in [6.07, 6.45) is 3.65. The van der Waals surface area contributed by atoms with Crippen LogP contribution in [0.25, 0.3) is 0 Å². The Kier molecular flexibility index (Phi) is 2.80. The molecular formula is C13H18N2O. The van der Waals surface area contributed by atoms with E-state index in [2.05, 4.69) is 16.4 Å². The molecule has 3 heteroatoms. The summed E-state index contributed by atoms with van der Waals surface area (Å²) in [5.41, 5.74) is 1.74. The van der Waals surface area contributed by atoms with Crippen molar-refractivity contribution >= 4 is 5.78 Å². The zero-order valence-corrected chi connectivity index (χ0v) is 10.1. The number of aromatic nitrogens is 1. The molecule has 0 saturated carbocycles. The number of pyridine rings is 1. The van der Waals surface area contributed by atoms with Gasteiger partial charge in [0, 0.05) is 6.20 Å². The van der Waals surface area contributed by atoms with Gasteiger partial charge >= 0.3 is 0 Å². The molecule has 0 fully saturated rings. The molecule has 1 aliphatic carbocycles. The fourth-order valence-electron chi connectivity index (χ4n) is 2.23. The molecule has 0 aliphatic heterocycles. The second-order valence-electron chi connectivity index (χ2n) is 4.88. The summed E-state index contributed by atoms with van der Waals surface area (Å²) in [6.45, 7) is 3.85. The highest BCUT2D eigenvalue weighted by atomic mass is 16.1. The molecule has 0 spiro atoms. The van der Waals surface area contributed by atoms with Crippen LogP contribution in [0.3, 0.4) is 0 Å². The molecular weight excluding hydrogens is 200 g/mol. The van der Waals surface area contributed by atoms with Gasteiger partial charge in [-0.3, -0.25) is 9.78 Å². The first-order valence-electron chi connectivity index (χ1n) is 5.73. The van der Waals surface area contributed by atoms with Crippen LogP contribution in [-0.2, 0) is 11.2 Å². The van der Waals surface area contributed by atoms with Crippen molar-refractivity contribution in [3.8, 4) is 0 Å². The lowest BCUT2D eigenvalue weighted by Gasteiger charge is -2.25. The normalized spacial score (nSPS) is 19.6. The number of fused-ring (bicyclic) bond motifs is 1. The van der Waals surface area contributed by atoms with Crippen molar-refractivity contribution in [2.75, 3.05) is 7.05 Å². The Morgan fingerprint density at radius 1 is 1.56 bits per heavy atom. The van der Waals surface area contributed by atoms with Crippen molar-refractivity contribution in [3.63, 3.8) is 0 Å². The minimum absolute atomic E-state index is 0.0290. The van der Waals surface area contributed by atoms with E-state index in [-0.39, 0.29) is 11.7 Å². The Labute approximate surface area is 96.3 Å². The zero-order valence-electron chi connectivity index (χ0n) is 10.1. The number of carbonyl (C=O) groups is 1. The number of aryl methyl sites for hydroxylation is 1. The van der Waals surface area contributed by atoms with E-state index >= 15 is 0 Å². The van der Waals surface area contributed by atoms with Crippen molar-refractivity contribution in [3.05, 3.63) is 29.6 Å². The number of hydrogen-bond donors (Lipinski definition) is 1. The van der Waals surface area contributed by atoms with Crippen LogP contribution in [0.4, 0.5) is 0 Å². The average Bonchev–Trinajstić information content (AvgIpc) is 2.71. The summed E-state index contributed by atoms with van der Waals surface area (Å²) < 4.78 is 0. The third kappa shape index (κ3) is 1.76. The van der Waals surface area contributed by atoms with Gasteiger partial charge in [0.2, 0.25) is 0 Å². The van der Waals surface area contributed by atoms with E-state index in [9.17, 15) is 4.79 Å². The number of hydrogen-bond acceptors (Lipinski definition) is 3. The molecule has 2 rings (SSSR count). The summed E-state index contributed by atoms with van der Waals surface area (Å²) in [6, 6.07) is 4.01. The first-order valence-corrected chi connectivity index (χ1v) is 5.73. The molecule has 1 heterocycles. The minimum Gasteiger partial charge on any atom is -0.308 e. The molecule has 16 heavy (non-hydrogen) atoms. The predicted octanol–water partition coefficient (Wildman–Crippen LogP) is 1.68. The van der Waals surface area contributed by atoms with Gasteiger partial charge in [0.05, 0.1) is 17.2 Å². The molecule has 1 aromatic heterocycles. The zero-order chi connectivity index (χ0) is 11.8. The van der Waals surface area contributed by atoms with Gasteiger partial charge in [-0.05, 0) is 45.4 Å². The Hall–Kier alpha value is -1.22. The van der Waals surface area contributed by atoms with Gasteiger partial charge < -0.3 is 5.32 Å². The Balaban J connectivity index is 2.29. The van der Waals surface area contributed by atoms with Crippen LogP contribution in [0.2, 0.25) is 0 Å². The van der Waals surface area contributed by atoms with E-state index < -0.39 is 5.54 Å². The third-order valence-corrected chi connectivity index (χ3v) is 3.52. The van der Waals surface area contributed by atoms with Gasteiger partial charge in [0.25, 0.3) is 0 Å². The molecule has 3 nitrogen and oxygen atoms in total. The number of likely N-dealkylation sites (N-methyl/N-ethyl adjacent to an activating group) is 1. The van der Waals surface area contributed by atoms with Gasteiger partial charge in [0.15, 0.2) is 5.78 Å². The molecule has 1 N–H and O–H groups in total. The number of rotatable bonds is 3. The van der Waals surface area contributed by atoms with Gasteiger partial charge in [-0.1, -0.05) is 6.07 Å². The third-order valence-electron chi connectivity index (χ3n) is 3.52. The molecule has 0 amide bonds. The molecule has 1 unspecified atom stereocenters. The molecule has 1 aliphatic rings. The van der Waals surface area contributed by atoms with E-state index in [1.165, 1.54) is 5.56 Å². The first-order chi connectivity index (χ1) is 7.56. The lowest BCUT2D eigenvalue weighted by atomic mass is 9.87. The fraction of sp³-hybridized carbons (Fsp3) is 0.538. The molecule has 86 valence electrons. The topological polar surface area (TPSA) is 42.0 Å². The number of Topliss-reactive ketones (excluding diaryl/α,β-unsaturated/α-hetero) is 1. The van der Waals surface area contributed by atoms with Crippen LogP contribution in [0, 0.1) is 0 Å². The monoisotopic (exact) mass is 218 g/mol. The van der Waals surface area contributed by atoms with Crippen LogP contribution < -0.4 is 5.32 Å². The van der Waals surface area contributed by atoms with Crippen molar-refractivity contribution in [2.45, 2.75) is 38.1 Å². The van der Waals surface area contributed by atoms with Crippen LogP contribution in [0.15, 0.2) is 18.3 Å². The van der Waals surface area contributed by atoms with Crippen molar-refractivity contribution < 1.29 is 4.79 Å². The quantitative estimate of drug-likeness (QED) is 0.839. The summed E-state index contributed by atoms with van der Waals surface area (Å²) in [4.78, 5) is 16.7. The Morgan fingerprint density at radius 2 is 2.31 bits per heavy atom. The highest BCUT2D eigenvalue weighted by Crippen LogP contribution is 2.34. The van der Waals surface area contributed by atoms with E-state index in [4.69, 9.17) is 0 Å². The molecule has 0 aromatic carbocycles. The largest absolute Gasteiger partial charge is 0.308 e. The van der Waals surface area contributed by atoms with Gasteiger partial charge in [0.1, 0.15) is 0 Å². The molecule has 0 radical (unpaired) electrons. The second-order valence-corrected chi connectivity index (χ2v) is 4.88. The number of nitrogens with one attached hydrogen (secondary N) is 1. The maximum atomic E-state index is 12.4. The molecule has 1 aromatic rings. The van der Waals surface area contributed by atoms with Crippen LogP contribution in [-0.4, -0.2) is 23.4 Å². The molecule has 0 bridgehead atoms. The van der Waals surface area contributed by atoms with Crippen LogP contribution in [0.5, 0.6) is 0 Å². The first kappa shape index (κ1) is 11.3. The van der Waals surface area contributed by atoms with E-state index in [0.29, 0.717) is 0 Å². The lowest BCUT2D eigenvalue weighted by Crippen LogP contribution is -2.46. The van der Waals surface area contributed by atoms with Crippen LogP contribution in [0.1, 0.15) is 37.4 Å². The maximum absolute atomic E-state index is 12.4. The van der Waals surface area contributed by atoms with Crippen LogP contribution >= 0.6 is 0 Å². The van der Waals surface area contributed by atoms with Gasteiger partial charge in [-0.25, -0.2) is 0 Å². The SMILES string of the molecule is CNC(C)(C)C(=O)C1CCc2cccnc21. The standard InChI is InChI=1S/C13H18N2O/c1-13(2,14-3)12(16)10-7-6-9-5-4-8-15-11(9)10/h4-5,8,10,14H,6-7H2,1-3H3. The van der Waals surface area contributed by atoms with E-state index in [0.717, 1.165) is 18.5 Å². The van der Waals surface area contributed by atoms with Gasteiger partial charge in [-0.15, -0.1) is 0 Å². The predicted molar refractivity (Wildman–Crippen MR) is 63.4 cm³/mol. The Morgan fingerprint density at radius 3 is 3.00 bits per heavy atom. The number of carbonyl (C=O) groups excluding carboxylic acids is 1. The minimum atomic E-state index is -0.468. The highest BCUT2D eigenvalue weighted by molar-refractivity contribution is 5.93. The summed E-state index contributed by atoms with van der Waals surface area (Å²) in [5.74, 6) is 0.214. The summed E-state index contributed by atoms with van der Waals surface area (Å²) in [5, 5.41) is 3.07. The van der Waals surface area contributed by atoms with E-state index in [1.807, 2.05) is 27.0 Å². The smallest absolute Gasteiger partial charge is 0.161 e. The Bertz CT molecular complexity index is 412. The van der Waals surface area contributed by atoms with Crippen molar-refractivity contribution in [2.24, 2.45) is 0 Å². The second kappa shape index (κ2) is 3.98. The number of nitrogens with zero attached hydrogens (tertiary/aromatic N) is 1. The maximum Gasteiger partial charge on any atom is 0.161 e. The summed E-state index contributed by atoms with van der Waals surface area (Å²) in [7, 11) is 1.83.